The zero-order chi connectivity index (χ0) is 14.2. The molecule has 0 spiro atoms. The molecule has 1 aromatic heterocycles. The number of carbonyl (C=O) groups excluding carboxylic acids is 2. The Labute approximate surface area is 109 Å². The predicted octanol–water partition coefficient (Wildman–Crippen LogP) is 0.795. The van der Waals surface area contributed by atoms with Crippen LogP contribution < -0.4 is 11.0 Å². The number of nitrogens with zero attached hydrogens (tertiary/aromatic N) is 2. The molecule has 0 saturated carbocycles. The Morgan fingerprint density at radius 2 is 1.79 bits per heavy atom. The van der Waals surface area contributed by atoms with Gasteiger partial charge in [0.15, 0.2) is 0 Å². The summed E-state index contributed by atoms with van der Waals surface area (Å²) < 4.78 is 3.05. The Morgan fingerprint density at radius 1 is 1.16 bits per heavy atom. The van der Waals surface area contributed by atoms with Crippen LogP contribution in [0, 0.1) is 0 Å². The largest absolute Gasteiger partial charge is 0.328 e. The molecule has 2 rings (SSSR count). The van der Waals surface area contributed by atoms with Crippen molar-refractivity contribution >= 4 is 28.4 Å². The van der Waals surface area contributed by atoms with Gasteiger partial charge in [0.05, 0.1) is 17.5 Å². The summed E-state index contributed by atoms with van der Waals surface area (Å²) in [5, 5.41) is 2.64. The molecule has 0 aliphatic rings. The number of imidazole rings is 1. The summed E-state index contributed by atoms with van der Waals surface area (Å²) in [4.78, 5) is 34.1. The normalized spacial score (nSPS) is 10.7. The summed E-state index contributed by atoms with van der Waals surface area (Å²) in [5.41, 5.74) is 1.97. The summed E-state index contributed by atoms with van der Waals surface area (Å²) in [6, 6.07) is 5.19. The van der Waals surface area contributed by atoms with Gasteiger partial charge in [-0.05, 0) is 25.1 Å². The van der Waals surface area contributed by atoms with Gasteiger partial charge in [0.1, 0.15) is 5.78 Å². The summed E-state index contributed by atoms with van der Waals surface area (Å²) in [5.74, 6) is -0.543. The number of ketones is 1. The third kappa shape index (κ3) is 2.42. The lowest BCUT2D eigenvalue weighted by Crippen LogP contribution is -2.19. The maximum Gasteiger partial charge on any atom is 0.328 e. The quantitative estimate of drug-likeness (QED) is 0.830. The van der Waals surface area contributed by atoms with E-state index in [-0.39, 0.29) is 23.8 Å². The number of benzene rings is 1. The average molecular weight is 261 g/mol. The van der Waals surface area contributed by atoms with Crippen LogP contribution in [0.25, 0.3) is 11.0 Å². The fourth-order valence-electron chi connectivity index (χ4n) is 2.02. The third-order valence-corrected chi connectivity index (χ3v) is 2.97. The second-order valence-corrected chi connectivity index (χ2v) is 4.53. The van der Waals surface area contributed by atoms with Gasteiger partial charge in [0.25, 0.3) is 0 Å². The molecule has 0 unspecified atom stereocenters. The first-order chi connectivity index (χ1) is 8.90. The van der Waals surface area contributed by atoms with Gasteiger partial charge in [-0.15, -0.1) is 0 Å². The Hall–Kier alpha value is -2.37. The molecule has 100 valence electrons. The highest BCUT2D eigenvalue weighted by Crippen LogP contribution is 2.17. The molecule has 2 aromatic rings. The number of anilines is 1. The molecular weight excluding hydrogens is 246 g/mol. The van der Waals surface area contributed by atoms with E-state index in [1.807, 2.05) is 0 Å². The van der Waals surface area contributed by atoms with Gasteiger partial charge in [-0.2, -0.15) is 0 Å². The van der Waals surface area contributed by atoms with Crippen molar-refractivity contribution in [3.05, 3.63) is 28.7 Å². The molecule has 0 aliphatic heterocycles. The minimum atomic E-state index is -0.354. The molecule has 0 aliphatic carbocycles. The first-order valence-corrected chi connectivity index (χ1v) is 5.85. The molecule has 1 heterocycles. The second kappa shape index (κ2) is 4.72. The van der Waals surface area contributed by atoms with Crippen molar-refractivity contribution in [2.75, 3.05) is 5.32 Å². The Bertz CT molecular complexity index is 725. The van der Waals surface area contributed by atoms with Crippen LogP contribution in [-0.4, -0.2) is 20.8 Å². The topological polar surface area (TPSA) is 73.1 Å². The molecular formula is C13H15N3O3. The van der Waals surface area contributed by atoms with Gasteiger partial charge in [-0.3, -0.25) is 18.7 Å². The molecule has 0 atom stereocenters. The molecule has 0 fully saturated rings. The van der Waals surface area contributed by atoms with Crippen LogP contribution in [0.3, 0.4) is 0 Å². The zero-order valence-corrected chi connectivity index (χ0v) is 11.1. The molecule has 1 amide bonds. The maximum absolute atomic E-state index is 11.8. The number of amides is 1. The number of Topliss-reactive ketones (excluding diaryl/α,β-unsaturated/α-hetero) is 1. The van der Waals surface area contributed by atoms with Crippen LogP contribution in [0.2, 0.25) is 0 Å². The number of aryl methyl sites for hydroxylation is 2. The summed E-state index contributed by atoms with van der Waals surface area (Å²) in [7, 11) is 3.37. The number of carbonyl (C=O) groups is 2. The molecule has 6 nitrogen and oxygen atoms in total. The summed E-state index contributed by atoms with van der Waals surface area (Å²) in [6.45, 7) is 1.36. The highest BCUT2D eigenvalue weighted by Gasteiger charge is 2.10. The highest BCUT2D eigenvalue weighted by atomic mass is 16.2. The van der Waals surface area contributed by atoms with Crippen molar-refractivity contribution in [3.63, 3.8) is 0 Å². The van der Waals surface area contributed by atoms with E-state index >= 15 is 0 Å². The van der Waals surface area contributed by atoms with Crippen LogP contribution in [0.1, 0.15) is 13.3 Å². The number of nitrogens with one attached hydrogen (secondary N) is 1. The SMILES string of the molecule is CC(=O)CC(=O)Nc1ccc2c(c1)n(C)c(=O)n2C. The average Bonchev–Trinajstić information content (AvgIpc) is 2.53. The monoisotopic (exact) mass is 261 g/mol. The maximum atomic E-state index is 11.8. The lowest BCUT2D eigenvalue weighted by molar-refractivity contribution is -0.124. The van der Waals surface area contributed by atoms with Gasteiger partial charge < -0.3 is 5.32 Å². The number of fused-ring (bicyclic) bond motifs is 1. The number of rotatable bonds is 3. The van der Waals surface area contributed by atoms with Crippen molar-refractivity contribution in [1.82, 2.24) is 9.13 Å². The van der Waals surface area contributed by atoms with Crippen molar-refractivity contribution in [2.45, 2.75) is 13.3 Å². The lowest BCUT2D eigenvalue weighted by atomic mass is 10.2. The van der Waals surface area contributed by atoms with E-state index in [0.29, 0.717) is 5.69 Å². The standard InChI is InChI=1S/C13H15N3O3/c1-8(17)6-12(18)14-9-4-5-10-11(7-9)16(3)13(19)15(10)2/h4-5,7H,6H2,1-3H3,(H,14,18). The summed E-state index contributed by atoms with van der Waals surface area (Å²) in [6.07, 6.45) is -0.147. The van der Waals surface area contributed by atoms with E-state index in [2.05, 4.69) is 5.32 Å². The summed E-state index contributed by atoms with van der Waals surface area (Å²) >= 11 is 0. The highest BCUT2D eigenvalue weighted by molar-refractivity contribution is 6.04. The number of aromatic nitrogens is 2. The van der Waals surface area contributed by atoms with E-state index in [1.54, 1.807) is 32.3 Å². The van der Waals surface area contributed by atoms with Crippen molar-refractivity contribution in [2.24, 2.45) is 14.1 Å². The van der Waals surface area contributed by atoms with Crippen molar-refractivity contribution in [1.29, 1.82) is 0 Å². The predicted molar refractivity (Wildman–Crippen MR) is 72.1 cm³/mol. The minimum absolute atomic E-state index is 0.123. The Kier molecular flexibility index (Phi) is 3.25. The minimum Gasteiger partial charge on any atom is -0.326 e. The van der Waals surface area contributed by atoms with E-state index < -0.39 is 0 Å². The van der Waals surface area contributed by atoms with E-state index in [4.69, 9.17) is 0 Å². The van der Waals surface area contributed by atoms with E-state index in [1.165, 1.54) is 16.1 Å². The first kappa shape index (κ1) is 13.1. The smallest absolute Gasteiger partial charge is 0.326 e. The van der Waals surface area contributed by atoms with E-state index in [9.17, 15) is 14.4 Å². The molecule has 1 aromatic carbocycles. The molecule has 0 saturated heterocycles. The fraction of sp³-hybridized carbons (Fsp3) is 0.308. The molecule has 0 bridgehead atoms. The van der Waals surface area contributed by atoms with Crippen LogP contribution in [-0.2, 0) is 23.7 Å². The Balaban J connectivity index is 2.37. The fourth-order valence-corrected chi connectivity index (χ4v) is 2.02. The van der Waals surface area contributed by atoms with Crippen LogP contribution in [0.5, 0.6) is 0 Å². The van der Waals surface area contributed by atoms with Gasteiger partial charge in [0.2, 0.25) is 5.91 Å². The van der Waals surface area contributed by atoms with Gasteiger partial charge in [-0.1, -0.05) is 0 Å². The number of hydrogen-bond acceptors (Lipinski definition) is 3. The van der Waals surface area contributed by atoms with E-state index in [0.717, 1.165) is 11.0 Å². The molecule has 6 heteroatoms. The van der Waals surface area contributed by atoms with Crippen molar-refractivity contribution < 1.29 is 9.59 Å². The van der Waals surface area contributed by atoms with Crippen molar-refractivity contribution in [3.8, 4) is 0 Å². The number of hydrogen-bond donors (Lipinski definition) is 1. The van der Waals surface area contributed by atoms with Gasteiger partial charge >= 0.3 is 5.69 Å². The van der Waals surface area contributed by atoms with Crippen LogP contribution in [0.4, 0.5) is 5.69 Å². The van der Waals surface area contributed by atoms with Crippen LogP contribution in [0.15, 0.2) is 23.0 Å². The lowest BCUT2D eigenvalue weighted by Gasteiger charge is -2.04. The zero-order valence-electron chi connectivity index (χ0n) is 11.1. The second-order valence-electron chi connectivity index (χ2n) is 4.53. The third-order valence-electron chi connectivity index (χ3n) is 2.97. The first-order valence-electron chi connectivity index (χ1n) is 5.85. The van der Waals surface area contributed by atoms with Crippen LogP contribution >= 0.6 is 0 Å². The molecule has 19 heavy (non-hydrogen) atoms. The van der Waals surface area contributed by atoms with Gasteiger partial charge in [0, 0.05) is 19.8 Å². The molecule has 0 radical (unpaired) electrons. The molecule has 1 N–H and O–H groups in total. The Morgan fingerprint density at radius 3 is 2.42 bits per heavy atom. The van der Waals surface area contributed by atoms with Gasteiger partial charge in [-0.25, -0.2) is 4.79 Å².